The van der Waals surface area contributed by atoms with Gasteiger partial charge in [0, 0.05) is 16.1 Å². The predicted molar refractivity (Wildman–Crippen MR) is 50.2 cm³/mol. The highest BCUT2D eigenvalue weighted by Gasteiger charge is 1.96. The first-order chi connectivity index (χ1) is 5.97. The Morgan fingerprint density at radius 2 is 1.77 bits per heavy atom. The van der Waals surface area contributed by atoms with E-state index in [2.05, 4.69) is 0 Å². The zero-order chi connectivity index (χ0) is 9.90. The van der Waals surface area contributed by atoms with Gasteiger partial charge in [-0.3, -0.25) is 0 Å². The van der Waals surface area contributed by atoms with E-state index in [0.717, 1.165) is 5.41 Å². The molecule has 0 fully saturated rings. The fourth-order valence-corrected chi connectivity index (χ4v) is 1.21. The lowest BCUT2D eigenvalue weighted by Crippen LogP contribution is -1.80. The maximum Gasteiger partial charge on any atom is 0.254 e. The van der Waals surface area contributed by atoms with Crippen molar-refractivity contribution in [2.24, 2.45) is 0 Å². The smallest absolute Gasteiger partial charge is 0.208 e. The van der Waals surface area contributed by atoms with Crippen LogP contribution in [0.3, 0.4) is 0 Å². The minimum atomic E-state index is -3.63. The van der Waals surface area contributed by atoms with Crippen LogP contribution in [0.1, 0.15) is 5.56 Å². The maximum absolute atomic E-state index is 12.4. The van der Waals surface area contributed by atoms with Crippen molar-refractivity contribution in [2.75, 3.05) is 0 Å². The number of benzene rings is 1. The van der Waals surface area contributed by atoms with Gasteiger partial charge >= 0.3 is 0 Å². The monoisotopic (exact) mass is 220 g/mol. The van der Waals surface area contributed by atoms with Gasteiger partial charge in [-0.05, 0) is 23.8 Å². The minimum Gasteiger partial charge on any atom is -0.208 e. The predicted octanol–water partition coefficient (Wildman–Crippen LogP) is 2.37. The van der Waals surface area contributed by atoms with Crippen LogP contribution in [0.4, 0.5) is 4.39 Å². The third-order valence-electron chi connectivity index (χ3n) is 1.29. The Balaban J connectivity index is 2.88. The average Bonchev–Trinajstić information content (AvgIpc) is 2.02. The molecule has 0 amide bonds. The molecule has 13 heavy (non-hydrogen) atoms. The van der Waals surface area contributed by atoms with E-state index in [1.165, 1.54) is 30.3 Å². The highest BCUT2D eigenvalue weighted by molar-refractivity contribution is 8.16. The van der Waals surface area contributed by atoms with Crippen molar-refractivity contribution < 1.29 is 12.8 Å². The second-order valence-electron chi connectivity index (χ2n) is 2.33. The van der Waals surface area contributed by atoms with Gasteiger partial charge in [-0.15, -0.1) is 0 Å². The van der Waals surface area contributed by atoms with Gasteiger partial charge in [0.15, 0.2) is 0 Å². The molecule has 2 nitrogen and oxygen atoms in total. The van der Waals surface area contributed by atoms with Crippen LogP contribution in [0.5, 0.6) is 0 Å². The summed E-state index contributed by atoms with van der Waals surface area (Å²) in [7, 11) is 1.29. The van der Waals surface area contributed by atoms with Crippen LogP contribution in [0, 0.1) is 5.82 Å². The van der Waals surface area contributed by atoms with Crippen molar-refractivity contribution >= 4 is 25.8 Å². The highest BCUT2D eigenvalue weighted by atomic mass is 35.7. The molecule has 0 unspecified atom stereocenters. The molecule has 1 aromatic rings. The summed E-state index contributed by atoms with van der Waals surface area (Å²) < 4.78 is 33.3. The molecule has 0 saturated carbocycles. The van der Waals surface area contributed by atoms with Gasteiger partial charge in [0.2, 0.25) is 0 Å². The Morgan fingerprint density at radius 3 is 2.23 bits per heavy atom. The van der Waals surface area contributed by atoms with Crippen molar-refractivity contribution in [3.05, 3.63) is 41.1 Å². The molecule has 0 heterocycles. The first-order valence-electron chi connectivity index (χ1n) is 3.36. The second-order valence-corrected chi connectivity index (χ2v) is 4.84. The molecule has 70 valence electrons. The standard InChI is InChI=1S/C8H6ClFO2S/c9-13(11,12)6-5-7-1-3-8(10)4-2-7/h1-6H/b6-5+. The van der Waals surface area contributed by atoms with Crippen molar-refractivity contribution in [2.45, 2.75) is 0 Å². The van der Waals surface area contributed by atoms with Gasteiger partial charge < -0.3 is 0 Å². The van der Waals surface area contributed by atoms with Gasteiger partial charge in [0.25, 0.3) is 9.05 Å². The van der Waals surface area contributed by atoms with E-state index in [1.54, 1.807) is 0 Å². The van der Waals surface area contributed by atoms with E-state index < -0.39 is 9.05 Å². The van der Waals surface area contributed by atoms with E-state index in [0.29, 0.717) is 5.56 Å². The topological polar surface area (TPSA) is 34.1 Å². The summed E-state index contributed by atoms with van der Waals surface area (Å²) >= 11 is 0. The molecular weight excluding hydrogens is 215 g/mol. The number of hydrogen-bond donors (Lipinski definition) is 0. The van der Waals surface area contributed by atoms with Crippen LogP contribution in [-0.4, -0.2) is 8.42 Å². The summed E-state index contributed by atoms with van der Waals surface area (Å²) in [5, 5.41) is 0.849. The molecule has 0 aliphatic rings. The number of rotatable bonds is 2. The third kappa shape index (κ3) is 4.05. The first-order valence-corrected chi connectivity index (χ1v) is 5.73. The summed E-state index contributed by atoms with van der Waals surface area (Å²) in [6.07, 6.45) is 1.29. The van der Waals surface area contributed by atoms with Gasteiger partial charge in [-0.2, -0.15) is 0 Å². The van der Waals surface area contributed by atoms with E-state index in [9.17, 15) is 12.8 Å². The van der Waals surface area contributed by atoms with Crippen molar-refractivity contribution in [1.82, 2.24) is 0 Å². The van der Waals surface area contributed by atoms with Crippen molar-refractivity contribution in [3.8, 4) is 0 Å². The molecule has 5 heteroatoms. The zero-order valence-electron chi connectivity index (χ0n) is 6.44. The van der Waals surface area contributed by atoms with E-state index in [4.69, 9.17) is 10.7 Å². The molecule has 0 bridgehead atoms. The molecule has 0 aliphatic carbocycles. The SMILES string of the molecule is O=S(=O)(Cl)/C=C/c1ccc(F)cc1. The number of halogens is 2. The van der Waals surface area contributed by atoms with Crippen molar-refractivity contribution in [3.63, 3.8) is 0 Å². The Hall–Kier alpha value is -0.870. The average molecular weight is 221 g/mol. The van der Waals surface area contributed by atoms with Crippen LogP contribution in [-0.2, 0) is 9.05 Å². The number of hydrogen-bond acceptors (Lipinski definition) is 2. The summed E-state index contributed by atoms with van der Waals surface area (Å²) in [6.45, 7) is 0. The van der Waals surface area contributed by atoms with Crippen LogP contribution >= 0.6 is 10.7 Å². The Bertz CT molecular complexity index is 408. The quantitative estimate of drug-likeness (QED) is 0.717. The molecule has 1 rings (SSSR count). The lowest BCUT2D eigenvalue weighted by molar-refractivity contribution is 0.617. The van der Waals surface area contributed by atoms with Crippen LogP contribution in [0.25, 0.3) is 6.08 Å². The third-order valence-corrected chi connectivity index (χ3v) is 2.06. The summed E-state index contributed by atoms with van der Waals surface area (Å²) in [4.78, 5) is 0. The highest BCUT2D eigenvalue weighted by Crippen LogP contribution is 2.07. The minimum absolute atomic E-state index is 0.370. The van der Waals surface area contributed by atoms with Gasteiger partial charge in [0.05, 0.1) is 0 Å². The van der Waals surface area contributed by atoms with Crippen LogP contribution < -0.4 is 0 Å². The Labute approximate surface area is 80.1 Å². The molecule has 0 radical (unpaired) electrons. The van der Waals surface area contributed by atoms with Crippen LogP contribution in [0.2, 0.25) is 0 Å². The van der Waals surface area contributed by atoms with Crippen molar-refractivity contribution in [1.29, 1.82) is 0 Å². The maximum atomic E-state index is 12.4. The lowest BCUT2D eigenvalue weighted by atomic mass is 10.2. The van der Waals surface area contributed by atoms with E-state index in [-0.39, 0.29) is 5.82 Å². The molecular formula is C8H6ClFO2S. The molecule has 0 aromatic heterocycles. The van der Waals surface area contributed by atoms with Crippen LogP contribution in [0.15, 0.2) is 29.7 Å². The molecule has 0 atom stereocenters. The molecule has 1 aromatic carbocycles. The largest absolute Gasteiger partial charge is 0.254 e. The fourth-order valence-electron chi connectivity index (χ4n) is 0.734. The second kappa shape index (κ2) is 3.89. The summed E-state index contributed by atoms with van der Waals surface area (Å²) in [6, 6.07) is 5.38. The molecule has 0 saturated heterocycles. The van der Waals surface area contributed by atoms with E-state index >= 15 is 0 Å². The summed E-state index contributed by atoms with van der Waals surface area (Å²) in [5.74, 6) is -0.370. The first kappa shape index (κ1) is 10.2. The Kier molecular flexibility index (Phi) is 3.06. The van der Waals surface area contributed by atoms with E-state index in [1.807, 2.05) is 0 Å². The van der Waals surface area contributed by atoms with Gasteiger partial charge in [-0.25, -0.2) is 12.8 Å². The normalized spacial score (nSPS) is 12.2. The van der Waals surface area contributed by atoms with Gasteiger partial charge in [0.1, 0.15) is 5.82 Å². The molecule has 0 N–H and O–H groups in total. The molecule has 0 spiro atoms. The summed E-state index contributed by atoms with van der Waals surface area (Å²) in [5.41, 5.74) is 0.575. The van der Waals surface area contributed by atoms with Gasteiger partial charge in [-0.1, -0.05) is 12.1 Å². The molecule has 0 aliphatic heterocycles. The fraction of sp³-hybridized carbons (Fsp3) is 0. The Morgan fingerprint density at radius 1 is 1.23 bits per heavy atom. The lowest BCUT2D eigenvalue weighted by Gasteiger charge is -1.91. The zero-order valence-corrected chi connectivity index (χ0v) is 8.02.